The quantitative estimate of drug-likeness (QED) is 0.0477. The Bertz CT molecular complexity index is 522. The molecule has 0 rings (SSSR count). The van der Waals surface area contributed by atoms with Crippen LogP contribution in [0.2, 0.25) is 38.3 Å². The molecular weight excluding hydrogens is 597 g/mol. The van der Waals surface area contributed by atoms with E-state index in [2.05, 4.69) is 40.0 Å². The number of unbranched alkanes of at least 4 members (excludes halogenated alkanes) is 30. The Labute approximate surface area is 291 Å². The average Bonchev–Trinajstić information content (AvgIpc) is 3.00. The molecule has 0 amide bonds. The van der Waals surface area contributed by atoms with E-state index in [9.17, 15) is 0 Å². The zero-order valence-corrected chi connectivity index (χ0v) is 35.4. The highest BCUT2D eigenvalue weighted by atomic mass is 28.4. The molecule has 0 fully saturated rings. The van der Waals surface area contributed by atoms with Gasteiger partial charge in [-0.15, -0.1) is 0 Å². The lowest BCUT2D eigenvalue weighted by atomic mass is 10.0. The summed E-state index contributed by atoms with van der Waals surface area (Å²) in [5, 5.41) is 0. The molecule has 0 N–H and O–H groups in total. The third kappa shape index (κ3) is 37.2. The standard InChI is InChI=1S/C40H86O2Si3/c1-7-9-11-13-15-17-19-21-23-25-27-29-31-33-35-37-39-44(3,4)41-43-42-45(5,6)40-38-36-34-32-30-28-26-24-22-20-18-16-14-12-10-8-2/h7-40H2,1-6H3. The topological polar surface area (TPSA) is 18.5 Å². The molecule has 0 aromatic rings. The van der Waals surface area contributed by atoms with Gasteiger partial charge in [-0.25, -0.2) is 0 Å². The molecule has 2 radical (unpaired) electrons. The van der Waals surface area contributed by atoms with Crippen LogP contribution < -0.4 is 0 Å². The molecule has 2 nitrogen and oxygen atoms in total. The van der Waals surface area contributed by atoms with Crippen LogP contribution >= 0.6 is 0 Å². The fraction of sp³-hybridized carbons (Fsp3) is 1.00. The average molecular weight is 683 g/mol. The van der Waals surface area contributed by atoms with Gasteiger partial charge in [0.1, 0.15) is 0 Å². The maximum absolute atomic E-state index is 6.40. The summed E-state index contributed by atoms with van der Waals surface area (Å²) in [7, 11) is -2.87. The maximum atomic E-state index is 6.40. The van der Waals surface area contributed by atoms with Gasteiger partial charge in [0, 0.05) is 0 Å². The molecule has 0 bridgehead atoms. The summed E-state index contributed by atoms with van der Waals surface area (Å²) < 4.78 is 12.8. The summed E-state index contributed by atoms with van der Waals surface area (Å²) in [6.07, 6.45) is 46.0. The molecule has 0 aliphatic carbocycles. The lowest BCUT2D eigenvalue weighted by Crippen LogP contribution is -2.38. The van der Waals surface area contributed by atoms with Crippen molar-refractivity contribution >= 4 is 26.6 Å². The lowest BCUT2D eigenvalue weighted by Gasteiger charge is -2.27. The second kappa shape index (κ2) is 34.4. The molecule has 270 valence electrons. The van der Waals surface area contributed by atoms with E-state index in [-0.39, 0.29) is 10.0 Å². The highest BCUT2D eigenvalue weighted by Gasteiger charge is 2.27. The van der Waals surface area contributed by atoms with Crippen LogP contribution in [0.4, 0.5) is 0 Å². The first-order valence-electron chi connectivity index (χ1n) is 20.9. The molecule has 0 aromatic heterocycles. The highest BCUT2D eigenvalue weighted by molar-refractivity contribution is 6.78. The summed E-state index contributed by atoms with van der Waals surface area (Å²) >= 11 is 0. The van der Waals surface area contributed by atoms with E-state index >= 15 is 0 Å². The molecule has 0 aliphatic heterocycles. The van der Waals surface area contributed by atoms with Crippen molar-refractivity contribution in [2.75, 3.05) is 0 Å². The molecule has 0 aliphatic rings. The van der Waals surface area contributed by atoms with E-state index in [1.165, 1.54) is 218 Å². The molecule has 0 atom stereocenters. The van der Waals surface area contributed by atoms with E-state index < -0.39 is 16.6 Å². The fourth-order valence-electron chi connectivity index (χ4n) is 6.55. The minimum absolute atomic E-state index is 0.280. The minimum atomic E-state index is -1.58. The van der Waals surface area contributed by atoms with Crippen molar-refractivity contribution in [3.8, 4) is 0 Å². The van der Waals surface area contributed by atoms with E-state index in [0.29, 0.717) is 0 Å². The van der Waals surface area contributed by atoms with Gasteiger partial charge in [-0.2, -0.15) is 0 Å². The minimum Gasteiger partial charge on any atom is -0.435 e. The van der Waals surface area contributed by atoms with Gasteiger partial charge in [-0.05, 0) is 38.3 Å². The van der Waals surface area contributed by atoms with Crippen LogP contribution in [0, 0.1) is 0 Å². The van der Waals surface area contributed by atoms with Crippen LogP contribution in [0.15, 0.2) is 0 Å². The van der Waals surface area contributed by atoms with Crippen molar-refractivity contribution in [1.82, 2.24) is 0 Å². The Morgan fingerprint density at radius 2 is 0.467 bits per heavy atom. The van der Waals surface area contributed by atoms with Crippen molar-refractivity contribution in [1.29, 1.82) is 0 Å². The van der Waals surface area contributed by atoms with E-state index in [1.807, 2.05) is 0 Å². The van der Waals surface area contributed by atoms with Gasteiger partial charge in [0.15, 0.2) is 16.6 Å². The second-order valence-corrected chi connectivity index (χ2v) is 25.8. The van der Waals surface area contributed by atoms with Crippen molar-refractivity contribution < 1.29 is 8.23 Å². The molecule has 0 saturated heterocycles. The monoisotopic (exact) mass is 683 g/mol. The first-order valence-corrected chi connectivity index (χ1v) is 28.0. The molecule has 0 unspecified atom stereocenters. The van der Waals surface area contributed by atoms with Crippen molar-refractivity contribution in [2.45, 2.75) is 258 Å². The van der Waals surface area contributed by atoms with E-state index in [0.717, 1.165) is 0 Å². The molecule has 0 saturated carbocycles. The van der Waals surface area contributed by atoms with Crippen molar-refractivity contribution in [3.63, 3.8) is 0 Å². The summed E-state index contributed by atoms with van der Waals surface area (Å²) in [5.74, 6) is 0. The first kappa shape index (κ1) is 45.6. The Morgan fingerprint density at radius 3 is 0.667 bits per heavy atom. The maximum Gasteiger partial charge on any atom is 0.410 e. The molecule has 0 heterocycles. The Balaban J connectivity index is 3.49. The van der Waals surface area contributed by atoms with Gasteiger partial charge in [0.2, 0.25) is 0 Å². The van der Waals surface area contributed by atoms with Gasteiger partial charge in [-0.1, -0.05) is 219 Å². The van der Waals surface area contributed by atoms with E-state index in [1.54, 1.807) is 0 Å². The van der Waals surface area contributed by atoms with Gasteiger partial charge in [-0.3, -0.25) is 0 Å². The van der Waals surface area contributed by atoms with E-state index in [4.69, 9.17) is 8.23 Å². The van der Waals surface area contributed by atoms with Crippen LogP contribution in [0.5, 0.6) is 0 Å². The Kier molecular flexibility index (Phi) is 34.9. The van der Waals surface area contributed by atoms with Crippen LogP contribution in [-0.2, 0) is 8.23 Å². The summed E-state index contributed by atoms with van der Waals surface area (Å²) in [4.78, 5) is 0. The SMILES string of the molecule is CCCCCCCCCCCCCCCCCC[Si](C)(C)O[Si]O[Si](C)(C)CCCCCCCCCCCCCCCCCC. The third-order valence-electron chi connectivity index (χ3n) is 9.90. The second-order valence-electron chi connectivity index (χ2n) is 15.9. The van der Waals surface area contributed by atoms with Crippen LogP contribution in [0.25, 0.3) is 0 Å². The first-order chi connectivity index (χ1) is 21.8. The predicted molar refractivity (Wildman–Crippen MR) is 212 cm³/mol. The van der Waals surface area contributed by atoms with Gasteiger partial charge < -0.3 is 8.23 Å². The predicted octanol–water partition coefficient (Wildman–Crippen LogP) is 15.5. The number of rotatable bonds is 38. The lowest BCUT2D eigenvalue weighted by molar-refractivity contribution is 0.443. The number of hydrogen-bond acceptors (Lipinski definition) is 2. The molecule has 5 heteroatoms. The molecule has 45 heavy (non-hydrogen) atoms. The van der Waals surface area contributed by atoms with Crippen LogP contribution in [0.1, 0.15) is 219 Å². The zero-order chi connectivity index (χ0) is 33.2. The molecular formula is C40H86O2Si3. The Hall–Kier alpha value is 0.571. The summed E-state index contributed by atoms with van der Waals surface area (Å²) in [6.45, 7) is 14.2. The van der Waals surface area contributed by atoms with Gasteiger partial charge in [0.05, 0.1) is 0 Å². The summed E-state index contributed by atoms with van der Waals surface area (Å²) in [5.41, 5.74) is 0. The third-order valence-corrected chi connectivity index (χ3v) is 18.1. The zero-order valence-electron chi connectivity index (χ0n) is 32.4. The highest BCUT2D eigenvalue weighted by Crippen LogP contribution is 2.21. The summed E-state index contributed by atoms with van der Waals surface area (Å²) in [6, 6.07) is 2.59. The van der Waals surface area contributed by atoms with Crippen LogP contribution in [0.3, 0.4) is 0 Å². The largest absolute Gasteiger partial charge is 0.435 e. The smallest absolute Gasteiger partial charge is 0.410 e. The normalized spacial score (nSPS) is 12.4. The van der Waals surface area contributed by atoms with Crippen molar-refractivity contribution in [3.05, 3.63) is 0 Å². The van der Waals surface area contributed by atoms with Crippen molar-refractivity contribution in [2.24, 2.45) is 0 Å². The van der Waals surface area contributed by atoms with Gasteiger partial charge >= 0.3 is 10.0 Å². The fourth-order valence-corrected chi connectivity index (χ4v) is 11.9. The Morgan fingerprint density at radius 1 is 0.289 bits per heavy atom. The van der Waals surface area contributed by atoms with Crippen LogP contribution in [-0.4, -0.2) is 26.6 Å². The molecule has 0 aromatic carbocycles. The van der Waals surface area contributed by atoms with Gasteiger partial charge in [0.25, 0.3) is 0 Å². The molecule has 0 spiro atoms. The number of hydrogen-bond donors (Lipinski definition) is 0.